The molecule has 0 atom stereocenters. The van der Waals surface area contributed by atoms with Crippen LogP contribution >= 0.6 is 23.2 Å². The average Bonchev–Trinajstić information content (AvgIpc) is 3.22. The first kappa shape index (κ1) is 22.4. The third-order valence-electron chi connectivity index (χ3n) is 5.12. The van der Waals surface area contributed by atoms with Crippen LogP contribution in [0.5, 0.6) is 0 Å². The van der Waals surface area contributed by atoms with Crippen LogP contribution in [0.3, 0.4) is 0 Å². The highest BCUT2D eigenvalue weighted by atomic mass is 35.5. The Balaban J connectivity index is 1.82. The van der Waals surface area contributed by atoms with E-state index in [-0.39, 0.29) is 11.6 Å². The van der Waals surface area contributed by atoms with E-state index >= 15 is 0 Å². The van der Waals surface area contributed by atoms with Gasteiger partial charge in [0.05, 0.1) is 30.5 Å². The highest BCUT2D eigenvalue weighted by molar-refractivity contribution is 6.35. The first-order valence-corrected chi connectivity index (χ1v) is 10.8. The lowest BCUT2D eigenvalue weighted by molar-refractivity contribution is 0.0327. The number of halogens is 2. The Morgan fingerprint density at radius 2 is 1.84 bits per heavy atom. The summed E-state index contributed by atoms with van der Waals surface area (Å²) >= 11 is 12.5. The lowest BCUT2D eigenvalue weighted by Gasteiger charge is -2.26. The molecule has 1 saturated heterocycles. The monoisotopic (exact) mass is 473 g/mol. The molecule has 2 aromatic carbocycles. The summed E-state index contributed by atoms with van der Waals surface area (Å²) < 4.78 is 6.94. The number of ketones is 1. The minimum absolute atomic E-state index is 0.0156. The van der Waals surface area contributed by atoms with Gasteiger partial charge >= 0.3 is 0 Å². The van der Waals surface area contributed by atoms with Gasteiger partial charge in [0.1, 0.15) is 5.82 Å². The smallest absolute Gasteiger partial charge is 0.290 e. The number of carbonyl (C=O) groups is 2. The molecule has 1 fully saturated rings. The van der Waals surface area contributed by atoms with Crippen molar-refractivity contribution in [3.05, 3.63) is 75.3 Å². The van der Waals surface area contributed by atoms with E-state index in [9.17, 15) is 9.59 Å². The zero-order valence-electron chi connectivity index (χ0n) is 17.3. The molecule has 3 aromatic rings. The quantitative estimate of drug-likeness (QED) is 0.553. The van der Waals surface area contributed by atoms with Crippen LogP contribution in [0.15, 0.2) is 42.5 Å². The SMILES string of the molecule is CNC(=O)c1nc(CN2CCOCC2)n(-c2ccc(Cl)cc2C(=O)c2ccccc2Cl)n1. The van der Waals surface area contributed by atoms with E-state index in [1.165, 1.54) is 11.7 Å². The molecule has 4 rings (SSSR count). The Bertz CT molecular complexity index is 1160. The van der Waals surface area contributed by atoms with Gasteiger partial charge in [-0.25, -0.2) is 9.67 Å². The number of benzene rings is 2. The van der Waals surface area contributed by atoms with Crippen LogP contribution < -0.4 is 5.32 Å². The summed E-state index contributed by atoms with van der Waals surface area (Å²) in [7, 11) is 1.51. The summed E-state index contributed by atoms with van der Waals surface area (Å²) in [4.78, 5) is 32.3. The fraction of sp³-hybridized carbons (Fsp3) is 0.273. The molecule has 10 heteroatoms. The maximum absolute atomic E-state index is 13.4. The third kappa shape index (κ3) is 4.68. The summed E-state index contributed by atoms with van der Waals surface area (Å²) in [6.45, 7) is 3.14. The van der Waals surface area contributed by atoms with E-state index in [2.05, 4.69) is 20.3 Å². The first-order chi connectivity index (χ1) is 15.5. The number of hydrogen-bond acceptors (Lipinski definition) is 6. The predicted octanol–water partition coefficient (Wildman–Crippen LogP) is 3.00. The molecule has 32 heavy (non-hydrogen) atoms. The van der Waals surface area contributed by atoms with Gasteiger partial charge < -0.3 is 10.1 Å². The number of aromatic nitrogens is 3. The van der Waals surface area contributed by atoms with Crippen molar-refractivity contribution in [1.29, 1.82) is 0 Å². The Labute approximate surface area is 195 Å². The number of nitrogens with one attached hydrogen (secondary N) is 1. The van der Waals surface area contributed by atoms with Gasteiger partial charge in [-0.05, 0) is 30.3 Å². The van der Waals surface area contributed by atoms with E-state index in [0.29, 0.717) is 52.4 Å². The normalized spacial score (nSPS) is 14.3. The Morgan fingerprint density at radius 3 is 2.56 bits per heavy atom. The minimum atomic E-state index is -0.417. The van der Waals surface area contributed by atoms with Crippen LogP contribution in [0.1, 0.15) is 32.4 Å². The molecule has 0 aliphatic carbocycles. The molecule has 0 bridgehead atoms. The maximum Gasteiger partial charge on any atom is 0.290 e. The van der Waals surface area contributed by atoms with Gasteiger partial charge in [0.25, 0.3) is 5.91 Å². The van der Waals surface area contributed by atoms with Gasteiger partial charge in [-0.15, -0.1) is 5.10 Å². The second-order valence-electron chi connectivity index (χ2n) is 7.20. The third-order valence-corrected chi connectivity index (χ3v) is 5.69. The van der Waals surface area contributed by atoms with Crippen molar-refractivity contribution in [3.8, 4) is 5.69 Å². The van der Waals surface area contributed by atoms with Crippen molar-refractivity contribution in [2.75, 3.05) is 33.4 Å². The maximum atomic E-state index is 13.4. The van der Waals surface area contributed by atoms with Gasteiger partial charge in [0, 0.05) is 36.3 Å². The summed E-state index contributed by atoms with van der Waals surface area (Å²) in [5, 5.41) is 7.68. The van der Waals surface area contributed by atoms with E-state index in [1.807, 2.05) is 0 Å². The Kier molecular flexibility index (Phi) is 6.86. The van der Waals surface area contributed by atoms with Crippen molar-refractivity contribution in [1.82, 2.24) is 25.0 Å². The van der Waals surface area contributed by atoms with E-state index < -0.39 is 5.91 Å². The lowest BCUT2D eigenvalue weighted by Crippen LogP contribution is -2.36. The van der Waals surface area contributed by atoms with Crippen molar-refractivity contribution < 1.29 is 14.3 Å². The number of rotatable bonds is 6. The molecule has 1 amide bonds. The molecule has 0 unspecified atom stereocenters. The van der Waals surface area contributed by atoms with E-state index in [1.54, 1.807) is 42.5 Å². The number of ether oxygens (including phenoxy) is 1. The molecule has 1 aliphatic rings. The van der Waals surface area contributed by atoms with Crippen LogP contribution in [0.25, 0.3) is 5.69 Å². The Hall–Kier alpha value is -2.78. The number of amides is 1. The van der Waals surface area contributed by atoms with Crippen molar-refractivity contribution in [2.24, 2.45) is 0 Å². The molecule has 0 spiro atoms. The van der Waals surface area contributed by atoms with Crippen molar-refractivity contribution in [2.45, 2.75) is 6.54 Å². The topological polar surface area (TPSA) is 89.4 Å². The molecule has 1 aliphatic heterocycles. The van der Waals surface area contributed by atoms with Crippen LogP contribution in [0.4, 0.5) is 0 Å². The summed E-state index contributed by atoms with van der Waals surface area (Å²) in [6.07, 6.45) is 0. The largest absolute Gasteiger partial charge is 0.379 e. The number of nitrogens with zero attached hydrogens (tertiary/aromatic N) is 4. The highest BCUT2D eigenvalue weighted by Gasteiger charge is 2.24. The first-order valence-electron chi connectivity index (χ1n) is 10.0. The zero-order chi connectivity index (χ0) is 22.7. The van der Waals surface area contributed by atoms with Gasteiger partial charge in [-0.1, -0.05) is 35.3 Å². The number of morpholine rings is 1. The molecular weight excluding hydrogens is 453 g/mol. The molecule has 0 saturated carbocycles. The van der Waals surface area contributed by atoms with Crippen molar-refractivity contribution >= 4 is 34.9 Å². The second-order valence-corrected chi connectivity index (χ2v) is 8.05. The van der Waals surface area contributed by atoms with Gasteiger partial charge in [0.15, 0.2) is 5.78 Å². The predicted molar refractivity (Wildman–Crippen MR) is 121 cm³/mol. The standard InChI is InChI=1S/C22H21Cl2N5O3/c1-25-22(31)21-26-19(13-28-8-10-32-11-9-28)29(27-21)18-7-6-14(23)12-16(18)20(30)15-4-2-3-5-17(15)24/h2-7,12H,8-11,13H2,1H3,(H,25,31). The molecular formula is C22H21Cl2N5O3. The summed E-state index contributed by atoms with van der Waals surface area (Å²) in [5.41, 5.74) is 1.12. The molecule has 8 nitrogen and oxygen atoms in total. The van der Waals surface area contributed by atoms with Crippen molar-refractivity contribution in [3.63, 3.8) is 0 Å². The van der Waals surface area contributed by atoms with E-state index in [4.69, 9.17) is 27.9 Å². The molecule has 2 heterocycles. The summed E-state index contributed by atoms with van der Waals surface area (Å²) in [5.74, 6) is -0.176. The van der Waals surface area contributed by atoms with Crippen LogP contribution in [-0.2, 0) is 11.3 Å². The molecule has 166 valence electrons. The number of hydrogen-bond donors (Lipinski definition) is 1. The van der Waals surface area contributed by atoms with Crippen LogP contribution in [0.2, 0.25) is 10.0 Å². The average molecular weight is 474 g/mol. The van der Waals surface area contributed by atoms with E-state index in [0.717, 1.165) is 13.1 Å². The summed E-state index contributed by atoms with van der Waals surface area (Å²) in [6, 6.07) is 11.7. The van der Waals surface area contributed by atoms with Gasteiger partial charge in [0.2, 0.25) is 5.82 Å². The second kappa shape index (κ2) is 9.79. The van der Waals surface area contributed by atoms with Crippen LogP contribution in [-0.4, -0.2) is 64.7 Å². The van der Waals surface area contributed by atoms with Gasteiger partial charge in [-0.3, -0.25) is 14.5 Å². The fourth-order valence-corrected chi connectivity index (χ4v) is 3.87. The molecule has 0 radical (unpaired) electrons. The highest BCUT2D eigenvalue weighted by Crippen LogP contribution is 2.26. The minimum Gasteiger partial charge on any atom is -0.379 e. The molecule has 1 N–H and O–H groups in total. The van der Waals surface area contributed by atoms with Gasteiger partial charge in [-0.2, -0.15) is 0 Å². The Morgan fingerprint density at radius 1 is 1.09 bits per heavy atom. The van der Waals surface area contributed by atoms with Crippen LogP contribution in [0, 0.1) is 0 Å². The molecule has 1 aromatic heterocycles. The zero-order valence-corrected chi connectivity index (χ0v) is 18.9. The fourth-order valence-electron chi connectivity index (χ4n) is 3.47. The lowest BCUT2D eigenvalue weighted by atomic mass is 10.0. The number of carbonyl (C=O) groups excluding carboxylic acids is 2.